The molecule has 2 amide bonds. The number of rotatable bonds is 8. The molecule has 0 aromatic rings. The first-order valence-corrected chi connectivity index (χ1v) is 7.83. The SMILES string of the molecule is C=C(C)C(=O)NCCO[C@@H]1O[C@H](CNC(=O)C(=C)C)[C@@H](O)[C@H](O)[C@H]1O. The van der Waals surface area contributed by atoms with Gasteiger partial charge in [0.15, 0.2) is 6.29 Å². The summed E-state index contributed by atoms with van der Waals surface area (Å²) in [5.74, 6) is -0.749. The second-order valence-electron chi connectivity index (χ2n) is 5.91. The number of nitrogens with one attached hydrogen (secondary N) is 2. The quantitative estimate of drug-likeness (QED) is 0.255. The maximum Gasteiger partial charge on any atom is 0.246 e. The van der Waals surface area contributed by atoms with Crippen LogP contribution in [0.1, 0.15) is 13.8 Å². The molecular weight excluding hydrogens is 332 g/mol. The molecule has 0 saturated carbocycles. The largest absolute Gasteiger partial charge is 0.388 e. The summed E-state index contributed by atoms with van der Waals surface area (Å²) in [5, 5.41) is 34.8. The van der Waals surface area contributed by atoms with Crippen molar-refractivity contribution in [1.29, 1.82) is 0 Å². The zero-order chi connectivity index (χ0) is 19.1. The van der Waals surface area contributed by atoms with Gasteiger partial charge in [-0.25, -0.2) is 0 Å². The summed E-state index contributed by atoms with van der Waals surface area (Å²) in [6.45, 7) is 10.1. The van der Waals surface area contributed by atoms with Gasteiger partial charge in [-0.15, -0.1) is 0 Å². The minimum atomic E-state index is -1.50. The molecule has 1 fully saturated rings. The molecule has 0 radical (unpaired) electrons. The third kappa shape index (κ3) is 6.22. The van der Waals surface area contributed by atoms with Gasteiger partial charge in [-0.1, -0.05) is 13.2 Å². The van der Waals surface area contributed by atoms with Crippen LogP contribution < -0.4 is 10.6 Å². The zero-order valence-corrected chi connectivity index (χ0v) is 14.4. The highest BCUT2D eigenvalue weighted by molar-refractivity contribution is 5.92. The Morgan fingerprint density at radius 1 is 1.00 bits per heavy atom. The number of aliphatic hydroxyl groups excluding tert-OH is 3. The Morgan fingerprint density at radius 2 is 1.56 bits per heavy atom. The molecule has 142 valence electrons. The van der Waals surface area contributed by atoms with Gasteiger partial charge in [0, 0.05) is 24.2 Å². The van der Waals surface area contributed by atoms with E-state index < -0.39 is 36.6 Å². The van der Waals surface area contributed by atoms with Crippen molar-refractivity contribution in [2.75, 3.05) is 19.7 Å². The van der Waals surface area contributed by atoms with Crippen LogP contribution in [0, 0.1) is 0 Å². The molecule has 1 rings (SSSR count). The highest BCUT2D eigenvalue weighted by atomic mass is 16.7. The van der Waals surface area contributed by atoms with E-state index in [9.17, 15) is 24.9 Å². The fraction of sp³-hybridized carbons (Fsp3) is 0.625. The van der Waals surface area contributed by atoms with Crippen LogP contribution in [0.3, 0.4) is 0 Å². The number of hydrogen-bond acceptors (Lipinski definition) is 7. The fourth-order valence-electron chi connectivity index (χ4n) is 2.06. The molecule has 25 heavy (non-hydrogen) atoms. The average Bonchev–Trinajstić information content (AvgIpc) is 2.56. The number of carbonyl (C=O) groups excluding carboxylic acids is 2. The van der Waals surface area contributed by atoms with Crippen molar-refractivity contribution in [3.8, 4) is 0 Å². The molecule has 9 nitrogen and oxygen atoms in total. The molecular formula is C16H26N2O7. The van der Waals surface area contributed by atoms with E-state index >= 15 is 0 Å². The van der Waals surface area contributed by atoms with E-state index in [-0.39, 0.29) is 31.2 Å². The Hall–Kier alpha value is -1.78. The Balaban J connectivity index is 2.52. The number of aliphatic hydroxyl groups is 3. The van der Waals surface area contributed by atoms with E-state index in [4.69, 9.17) is 9.47 Å². The standard InChI is InChI=1S/C16H26N2O7/c1-8(2)14(22)17-5-6-24-16-13(21)12(20)11(19)10(25-16)7-18-15(23)9(3)4/h10-13,16,19-21H,1,3,5-7H2,2,4H3,(H,17,22)(H,18,23)/t10-,11-,12+,13-,16-/m1/s1. The van der Waals surface area contributed by atoms with Crippen molar-refractivity contribution >= 4 is 11.8 Å². The maximum atomic E-state index is 11.5. The molecule has 5 N–H and O–H groups in total. The average molecular weight is 358 g/mol. The van der Waals surface area contributed by atoms with Gasteiger partial charge in [0.25, 0.3) is 0 Å². The van der Waals surface area contributed by atoms with Crippen LogP contribution in [0.25, 0.3) is 0 Å². The van der Waals surface area contributed by atoms with Crippen molar-refractivity contribution in [3.63, 3.8) is 0 Å². The van der Waals surface area contributed by atoms with Crippen LogP contribution in [0.4, 0.5) is 0 Å². The van der Waals surface area contributed by atoms with Crippen molar-refractivity contribution in [2.24, 2.45) is 0 Å². The lowest BCUT2D eigenvalue weighted by Crippen LogP contribution is -2.60. The highest BCUT2D eigenvalue weighted by Gasteiger charge is 2.44. The second kappa shape index (κ2) is 9.64. The zero-order valence-electron chi connectivity index (χ0n) is 14.4. The number of amides is 2. The van der Waals surface area contributed by atoms with Gasteiger partial charge in [0.1, 0.15) is 24.4 Å². The molecule has 0 aromatic carbocycles. The van der Waals surface area contributed by atoms with E-state index in [1.165, 1.54) is 6.92 Å². The summed E-state index contributed by atoms with van der Waals surface area (Å²) in [7, 11) is 0. The Bertz CT molecular complexity index is 523. The van der Waals surface area contributed by atoms with Crippen LogP contribution in [0.5, 0.6) is 0 Å². The topological polar surface area (TPSA) is 137 Å². The third-order valence-corrected chi connectivity index (χ3v) is 3.58. The summed E-state index contributed by atoms with van der Waals surface area (Å²) in [4.78, 5) is 22.9. The Labute approximate surface area is 146 Å². The van der Waals surface area contributed by atoms with Crippen LogP contribution in [-0.4, -0.2) is 77.5 Å². The fourth-order valence-corrected chi connectivity index (χ4v) is 2.06. The predicted octanol–water partition coefficient (Wildman–Crippen LogP) is -1.80. The summed E-state index contributed by atoms with van der Waals surface area (Å²) in [6.07, 6.45) is -6.57. The molecule has 5 atom stereocenters. The summed E-state index contributed by atoms with van der Waals surface area (Å²) in [5.41, 5.74) is 0.632. The molecule has 0 aliphatic carbocycles. The van der Waals surface area contributed by atoms with Crippen molar-refractivity contribution in [2.45, 2.75) is 44.6 Å². The molecule has 0 spiro atoms. The van der Waals surface area contributed by atoms with Gasteiger partial charge < -0.3 is 35.4 Å². The van der Waals surface area contributed by atoms with Gasteiger partial charge in [0.05, 0.1) is 6.61 Å². The summed E-state index contributed by atoms with van der Waals surface area (Å²) < 4.78 is 10.7. The lowest BCUT2D eigenvalue weighted by Gasteiger charge is -2.40. The van der Waals surface area contributed by atoms with E-state index in [2.05, 4.69) is 23.8 Å². The lowest BCUT2D eigenvalue weighted by atomic mass is 9.99. The molecule has 1 saturated heterocycles. The summed E-state index contributed by atoms with van der Waals surface area (Å²) >= 11 is 0. The van der Waals surface area contributed by atoms with E-state index in [1.807, 2.05) is 0 Å². The van der Waals surface area contributed by atoms with E-state index in [1.54, 1.807) is 6.92 Å². The number of hydrogen-bond donors (Lipinski definition) is 5. The normalized spacial score (nSPS) is 28.9. The Kier molecular flexibility index (Phi) is 8.20. The lowest BCUT2D eigenvalue weighted by molar-refractivity contribution is -0.294. The molecule has 1 heterocycles. The van der Waals surface area contributed by atoms with E-state index in [0.29, 0.717) is 5.57 Å². The molecule has 1 aliphatic heterocycles. The number of carbonyl (C=O) groups is 2. The molecule has 9 heteroatoms. The highest BCUT2D eigenvalue weighted by Crippen LogP contribution is 2.21. The first-order chi connectivity index (χ1) is 11.6. The minimum absolute atomic E-state index is 0.00834. The molecule has 0 aromatic heterocycles. The molecule has 1 aliphatic rings. The monoisotopic (exact) mass is 358 g/mol. The Morgan fingerprint density at radius 3 is 2.12 bits per heavy atom. The summed E-state index contributed by atoms with van der Waals surface area (Å²) in [6, 6.07) is 0. The van der Waals surface area contributed by atoms with Crippen molar-refractivity contribution in [3.05, 3.63) is 24.3 Å². The van der Waals surface area contributed by atoms with Gasteiger partial charge >= 0.3 is 0 Å². The molecule has 0 bridgehead atoms. The minimum Gasteiger partial charge on any atom is -0.388 e. The first kappa shape index (κ1) is 21.3. The third-order valence-electron chi connectivity index (χ3n) is 3.58. The number of ether oxygens (including phenoxy) is 2. The maximum absolute atomic E-state index is 11.5. The van der Waals surface area contributed by atoms with Crippen LogP contribution in [0.15, 0.2) is 24.3 Å². The van der Waals surface area contributed by atoms with Crippen molar-refractivity contribution < 1.29 is 34.4 Å². The second-order valence-corrected chi connectivity index (χ2v) is 5.91. The predicted molar refractivity (Wildman–Crippen MR) is 88.3 cm³/mol. The van der Waals surface area contributed by atoms with Gasteiger partial charge in [-0.2, -0.15) is 0 Å². The van der Waals surface area contributed by atoms with Gasteiger partial charge in [-0.3, -0.25) is 9.59 Å². The van der Waals surface area contributed by atoms with Gasteiger partial charge in [-0.05, 0) is 13.8 Å². The van der Waals surface area contributed by atoms with Crippen LogP contribution >= 0.6 is 0 Å². The van der Waals surface area contributed by atoms with Crippen LogP contribution in [-0.2, 0) is 19.1 Å². The van der Waals surface area contributed by atoms with Crippen LogP contribution in [0.2, 0.25) is 0 Å². The molecule has 0 unspecified atom stereocenters. The van der Waals surface area contributed by atoms with Crippen molar-refractivity contribution in [1.82, 2.24) is 10.6 Å². The first-order valence-electron chi connectivity index (χ1n) is 7.83. The van der Waals surface area contributed by atoms with E-state index in [0.717, 1.165) is 0 Å². The smallest absolute Gasteiger partial charge is 0.246 e. The van der Waals surface area contributed by atoms with Gasteiger partial charge in [0.2, 0.25) is 11.8 Å².